The van der Waals surface area contributed by atoms with Crippen LogP contribution >= 0.6 is 0 Å². The molecule has 0 unspecified atom stereocenters. The molecule has 0 amide bonds. The van der Waals surface area contributed by atoms with E-state index in [9.17, 15) is 0 Å². The molecule has 0 aromatic heterocycles. The average Bonchev–Trinajstić information content (AvgIpc) is 1.99. The van der Waals surface area contributed by atoms with Crippen LogP contribution in [0.5, 0.6) is 0 Å². The molecule has 0 aromatic carbocycles. The third-order valence-corrected chi connectivity index (χ3v) is 4.22. The smallest absolute Gasteiger partial charge is 0.133 e. The van der Waals surface area contributed by atoms with Crippen molar-refractivity contribution in [3.05, 3.63) is 0 Å². The third-order valence-electron chi connectivity index (χ3n) is 1.76. The molecular formula is C8H20NSi. The standard InChI is InChI=1S/C8H20NSi/c1-4-7-8-9-10(5-2)6-3/h9H,4-8H2,1-3H3. The Kier molecular flexibility index (Phi) is 7.41. The Balaban J connectivity index is 3.09. The summed E-state index contributed by atoms with van der Waals surface area (Å²) in [5.74, 6) is 0. The maximum absolute atomic E-state index is 3.62. The van der Waals surface area contributed by atoms with Gasteiger partial charge in [0.25, 0.3) is 0 Å². The van der Waals surface area contributed by atoms with E-state index in [2.05, 4.69) is 25.8 Å². The lowest BCUT2D eigenvalue weighted by molar-refractivity contribution is 0.757. The van der Waals surface area contributed by atoms with Gasteiger partial charge >= 0.3 is 0 Å². The first-order valence-corrected chi connectivity index (χ1v) is 6.35. The minimum Gasteiger partial charge on any atom is -0.338 e. The van der Waals surface area contributed by atoms with Gasteiger partial charge in [0.05, 0.1) is 0 Å². The molecule has 0 bridgehead atoms. The lowest BCUT2D eigenvalue weighted by Gasteiger charge is -2.10. The summed E-state index contributed by atoms with van der Waals surface area (Å²) in [6.07, 6.45) is 2.66. The fraction of sp³-hybridized carbons (Fsp3) is 1.00. The van der Waals surface area contributed by atoms with E-state index in [1.807, 2.05) is 0 Å². The monoisotopic (exact) mass is 158 g/mol. The van der Waals surface area contributed by atoms with Crippen molar-refractivity contribution in [3.63, 3.8) is 0 Å². The van der Waals surface area contributed by atoms with Gasteiger partial charge in [-0.25, -0.2) is 0 Å². The van der Waals surface area contributed by atoms with E-state index in [-0.39, 0.29) is 8.96 Å². The molecule has 1 N–H and O–H groups in total. The lowest BCUT2D eigenvalue weighted by Crippen LogP contribution is -2.32. The summed E-state index contributed by atoms with van der Waals surface area (Å²) in [7, 11) is -0.146. The highest BCUT2D eigenvalue weighted by Crippen LogP contribution is 1.94. The summed E-state index contributed by atoms with van der Waals surface area (Å²) in [5.41, 5.74) is 0. The molecule has 0 spiro atoms. The molecule has 1 nitrogen and oxygen atoms in total. The molecule has 0 saturated heterocycles. The highest BCUT2D eigenvalue weighted by atomic mass is 28.3. The minimum atomic E-state index is -0.146. The Morgan fingerprint density at radius 2 is 1.70 bits per heavy atom. The highest BCUT2D eigenvalue weighted by molar-refractivity contribution is 6.55. The maximum Gasteiger partial charge on any atom is 0.133 e. The van der Waals surface area contributed by atoms with Crippen molar-refractivity contribution in [1.82, 2.24) is 4.98 Å². The van der Waals surface area contributed by atoms with Gasteiger partial charge in [-0.1, -0.05) is 27.2 Å². The first kappa shape index (κ1) is 10.2. The fourth-order valence-electron chi connectivity index (χ4n) is 0.942. The van der Waals surface area contributed by atoms with Crippen LogP contribution < -0.4 is 4.98 Å². The summed E-state index contributed by atoms with van der Waals surface area (Å²) in [6.45, 7) is 8.06. The molecular weight excluding hydrogens is 138 g/mol. The fourth-order valence-corrected chi connectivity index (χ4v) is 2.47. The van der Waals surface area contributed by atoms with Crippen LogP contribution in [0.4, 0.5) is 0 Å². The molecule has 0 aliphatic rings. The van der Waals surface area contributed by atoms with Crippen molar-refractivity contribution < 1.29 is 0 Å². The minimum absolute atomic E-state index is 0.146. The topological polar surface area (TPSA) is 12.0 Å². The molecule has 0 saturated carbocycles. The predicted octanol–water partition coefficient (Wildman–Crippen LogP) is 2.41. The van der Waals surface area contributed by atoms with E-state index in [1.54, 1.807) is 0 Å². The Bertz CT molecular complexity index is 62.3. The van der Waals surface area contributed by atoms with E-state index < -0.39 is 0 Å². The largest absolute Gasteiger partial charge is 0.338 e. The van der Waals surface area contributed by atoms with Crippen LogP contribution in [-0.2, 0) is 0 Å². The van der Waals surface area contributed by atoms with Crippen LogP contribution in [0.15, 0.2) is 0 Å². The van der Waals surface area contributed by atoms with Crippen LogP contribution in [-0.4, -0.2) is 15.5 Å². The predicted molar refractivity (Wildman–Crippen MR) is 49.6 cm³/mol. The first-order valence-electron chi connectivity index (χ1n) is 4.43. The van der Waals surface area contributed by atoms with Gasteiger partial charge < -0.3 is 4.98 Å². The molecule has 0 aliphatic heterocycles. The van der Waals surface area contributed by atoms with E-state index >= 15 is 0 Å². The van der Waals surface area contributed by atoms with Crippen LogP contribution in [0.2, 0.25) is 12.1 Å². The van der Waals surface area contributed by atoms with Gasteiger partial charge in [0.15, 0.2) is 0 Å². The molecule has 0 heterocycles. The molecule has 0 aliphatic carbocycles. The van der Waals surface area contributed by atoms with E-state index in [1.165, 1.54) is 31.5 Å². The number of hydrogen-bond acceptors (Lipinski definition) is 1. The zero-order valence-electron chi connectivity index (χ0n) is 7.54. The molecule has 0 rings (SSSR count). The molecule has 10 heavy (non-hydrogen) atoms. The van der Waals surface area contributed by atoms with Crippen molar-refractivity contribution in [2.24, 2.45) is 0 Å². The van der Waals surface area contributed by atoms with Gasteiger partial charge in [-0.05, 0) is 25.1 Å². The number of unbranched alkanes of at least 4 members (excludes halogenated alkanes) is 1. The number of nitrogens with one attached hydrogen (secondary N) is 1. The van der Waals surface area contributed by atoms with Crippen molar-refractivity contribution in [2.75, 3.05) is 6.54 Å². The van der Waals surface area contributed by atoms with Gasteiger partial charge in [-0.15, -0.1) is 0 Å². The number of hydrogen-bond donors (Lipinski definition) is 1. The van der Waals surface area contributed by atoms with Crippen LogP contribution in [0.3, 0.4) is 0 Å². The van der Waals surface area contributed by atoms with E-state index in [4.69, 9.17) is 0 Å². The van der Waals surface area contributed by atoms with Crippen molar-refractivity contribution >= 4 is 8.96 Å². The average molecular weight is 158 g/mol. The van der Waals surface area contributed by atoms with Gasteiger partial charge in [0.2, 0.25) is 0 Å². The molecule has 2 heteroatoms. The van der Waals surface area contributed by atoms with Crippen LogP contribution in [0.25, 0.3) is 0 Å². The Hall–Kier alpha value is 0.177. The summed E-state index contributed by atoms with van der Waals surface area (Å²) < 4.78 is 0. The quantitative estimate of drug-likeness (QED) is 0.462. The van der Waals surface area contributed by atoms with Crippen LogP contribution in [0.1, 0.15) is 33.6 Å². The molecule has 1 radical (unpaired) electrons. The lowest BCUT2D eigenvalue weighted by atomic mass is 10.3. The van der Waals surface area contributed by atoms with E-state index in [0.717, 1.165) is 0 Å². The van der Waals surface area contributed by atoms with Gasteiger partial charge in [-0.2, -0.15) is 0 Å². The number of rotatable bonds is 6. The Morgan fingerprint density at radius 3 is 2.10 bits per heavy atom. The SMILES string of the molecule is CCCCN[Si](CC)CC. The summed E-state index contributed by atoms with van der Waals surface area (Å²) in [5, 5.41) is 0. The molecule has 0 fully saturated rings. The maximum atomic E-state index is 3.62. The summed E-state index contributed by atoms with van der Waals surface area (Å²) in [4.78, 5) is 3.62. The van der Waals surface area contributed by atoms with Gasteiger partial charge in [0.1, 0.15) is 8.96 Å². The van der Waals surface area contributed by atoms with Crippen molar-refractivity contribution in [3.8, 4) is 0 Å². The van der Waals surface area contributed by atoms with Crippen LogP contribution in [0, 0.1) is 0 Å². The zero-order chi connectivity index (χ0) is 7.82. The zero-order valence-corrected chi connectivity index (χ0v) is 8.54. The van der Waals surface area contributed by atoms with E-state index in [0.29, 0.717) is 0 Å². The van der Waals surface area contributed by atoms with Gasteiger partial charge in [0, 0.05) is 0 Å². The first-order chi connectivity index (χ1) is 4.85. The second kappa shape index (κ2) is 7.29. The Labute approximate surface area is 66.9 Å². The second-order valence-electron chi connectivity index (χ2n) is 2.59. The molecule has 61 valence electrons. The molecule has 0 atom stereocenters. The normalized spacial score (nSPS) is 10.8. The van der Waals surface area contributed by atoms with Crippen molar-refractivity contribution in [2.45, 2.75) is 45.7 Å². The summed E-state index contributed by atoms with van der Waals surface area (Å²) >= 11 is 0. The highest BCUT2D eigenvalue weighted by Gasteiger charge is 2.02. The second-order valence-corrected chi connectivity index (χ2v) is 5.57. The summed E-state index contributed by atoms with van der Waals surface area (Å²) in [6, 6.07) is 2.73. The Morgan fingerprint density at radius 1 is 1.10 bits per heavy atom. The molecule has 0 aromatic rings. The third kappa shape index (κ3) is 5.00. The van der Waals surface area contributed by atoms with Gasteiger partial charge in [-0.3, -0.25) is 0 Å². The van der Waals surface area contributed by atoms with Crippen molar-refractivity contribution in [1.29, 1.82) is 0 Å².